The monoisotopic (exact) mass is 220 g/mol. The van der Waals surface area contributed by atoms with Crippen LogP contribution in [-0.2, 0) is 13.1 Å². The second kappa shape index (κ2) is 4.53. The van der Waals surface area contributed by atoms with Crippen LogP contribution in [0.1, 0.15) is 44.3 Å². The molecular weight excluding hydrogens is 200 g/mol. The van der Waals surface area contributed by atoms with Gasteiger partial charge in [-0.3, -0.25) is 0 Å². The molecule has 0 unspecified atom stereocenters. The van der Waals surface area contributed by atoms with Crippen molar-refractivity contribution in [3.63, 3.8) is 0 Å². The Morgan fingerprint density at radius 1 is 1.25 bits per heavy atom. The van der Waals surface area contributed by atoms with E-state index in [9.17, 15) is 0 Å². The molecule has 0 atom stereocenters. The molecule has 0 aromatic carbocycles. The molecule has 88 valence electrons. The van der Waals surface area contributed by atoms with Crippen molar-refractivity contribution in [3.8, 4) is 0 Å². The summed E-state index contributed by atoms with van der Waals surface area (Å²) in [5.41, 5.74) is 0. The van der Waals surface area contributed by atoms with E-state index in [4.69, 9.17) is 0 Å². The molecule has 0 saturated heterocycles. The maximum Gasteiger partial charge on any atom is 0.140 e. The summed E-state index contributed by atoms with van der Waals surface area (Å²) in [6.45, 7) is 1.96. The largest absolute Gasteiger partial charge is 0.307 e. The average molecular weight is 220 g/mol. The van der Waals surface area contributed by atoms with Gasteiger partial charge in [-0.2, -0.15) is 5.10 Å². The van der Waals surface area contributed by atoms with E-state index in [2.05, 4.69) is 20.1 Å². The van der Waals surface area contributed by atoms with Crippen LogP contribution in [0, 0.1) is 5.92 Å². The normalized spacial score (nSPS) is 21.8. The zero-order valence-electron chi connectivity index (χ0n) is 9.73. The van der Waals surface area contributed by atoms with Gasteiger partial charge >= 0.3 is 0 Å². The first kappa shape index (κ1) is 10.3. The first-order valence-corrected chi connectivity index (χ1v) is 6.52. The van der Waals surface area contributed by atoms with Crippen LogP contribution in [0.25, 0.3) is 0 Å². The van der Waals surface area contributed by atoms with Gasteiger partial charge in [-0.05, 0) is 31.6 Å². The molecule has 4 nitrogen and oxygen atoms in total. The Hall–Kier alpha value is -0.900. The SMILES string of the molecule is c1nc(CNC2CC2)n(CC2CCCC2)n1. The molecule has 2 fully saturated rings. The maximum absolute atomic E-state index is 4.35. The zero-order valence-corrected chi connectivity index (χ0v) is 9.73. The predicted molar refractivity (Wildman–Crippen MR) is 61.8 cm³/mol. The highest BCUT2D eigenvalue weighted by Gasteiger charge is 2.22. The van der Waals surface area contributed by atoms with Crippen LogP contribution in [-0.4, -0.2) is 20.8 Å². The third-order valence-corrected chi connectivity index (χ3v) is 3.73. The number of hydrogen-bond acceptors (Lipinski definition) is 3. The molecule has 0 aliphatic heterocycles. The summed E-state index contributed by atoms with van der Waals surface area (Å²) in [6.07, 6.45) is 9.89. The van der Waals surface area contributed by atoms with Gasteiger partial charge in [0.15, 0.2) is 0 Å². The van der Waals surface area contributed by atoms with Gasteiger partial charge in [-0.1, -0.05) is 12.8 Å². The van der Waals surface area contributed by atoms with Gasteiger partial charge in [0.2, 0.25) is 0 Å². The van der Waals surface area contributed by atoms with Crippen LogP contribution in [0.15, 0.2) is 6.33 Å². The lowest BCUT2D eigenvalue weighted by molar-refractivity contribution is 0.412. The molecule has 3 rings (SSSR count). The van der Waals surface area contributed by atoms with Crippen molar-refractivity contribution >= 4 is 0 Å². The lowest BCUT2D eigenvalue weighted by Crippen LogP contribution is -2.21. The molecule has 2 saturated carbocycles. The quantitative estimate of drug-likeness (QED) is 0.821. The highest BCUT2D eigenvalue weighted by molar-refractivity contribution is 4.89. The van der Waals surface area contributed by atoms with Crippen LogP contribution >= 0.6 is 0 Å². The lowest BCUT2D eigenvalue weighted by Gasteiger charge is -2.11. The van der Waals surface area contributed by atoms with Crippen LogP contribution in [0.2, 0.25) is 0 Å². The Labute approximate surface area is 96.4 Å². The molecule has 1 aromatic rings. The van der Waals surface area contributed by atoms with Crippen molar-refractivity contribution < 1.29 is 0 Å². The number of nitrogens with zero attached hydrogens (tertiary/aromatic N) is 3. The van der Waals surface area contributed by atoms with Crippen LogP contribution in [0.4, 0.5) is 0 Å². The number of nitrogens with one attached hydrogen (secondary N) is 1. The molecule has 1 heterocycles. The van der Waals surface area contributed by atoms with Crippen molar-refractivity contribution in [3.05, 3.63) is 12.2 Å². The van der Waals surface area contributed by atoms with E-state index in [0.717, 1.165) is 30.9 Å². The van der Waals surface area contributed by atoms with Crippen molar-refractivity contribution in [1.29, 1.82) is 0 Å². The van der Waals surface area contributed by atoms with E-state index in [-0.39, 0.29) is 0 Å². The maximum atomic E-state index is 4.35. The molecular formula is C12H20N4. The molecule has 1 aromatic heterocycles. The van der Waals surface area contributed by atoms with Crippen molar-refractivity contribution in [2.75, 3.05) is 0 Å². The van der Waals surface area contributed by atoms with Gasteiger partial charge in [0.1, 0.15) is 12.2 Å². The fraction of sp³-hybridized carbons (Fsp3) is 0.833. The van der Waals surface area contributed by atoms with E-state index >= 15 is 0 Å². The van der Waals surface area contributed by atoms with E-state index in [1.807, 2.05) is 0 Å². The Balaban J connectivity index is 1.57. The van der Waals surface area contributed by atoms with Crippen molar-refractivity contribution in [2.45, 2.75) is 57.7 Å². The van der Waals surface area contributed by atoms with E-state index in [0.29, 0.717) is 0 Å². The fourth-order valence-electron chi connectivity index (χ4n) is 2.54. The van der Waals surface area contributed by atoms with E-state index in [1.165, 1.54) is 38.5 Å². The Morgan fingerprint density at radius 2 is 2.06 bits per heavy atom. The van der Waals surface area contributed by atoms with Crippen LogP contribution in [0.5, 0.6) is 0 Å². The fourth-order valence-corrected chi connectivity index (χ4v) is 2.54. The first-order chi connectivity index (χ1) is 7.92. The van der Waals surface area contributed by atoms with Gasteiger partial charge in [-0.25, -0.2) is 9.67 Å². The molecule has 2 aliphatic rings. The minimum Gasteiger partial charge on any atom is -0.307 e. The molecule has 0 bridgehead atoms. The number of aromatic nitrogens is 3. The molecule has 4 heteroatoms. The van der Waals surface area contributed by atoms with E-state index < -0.39 is 0 Å². The third kappa shape index (κ3) is 2.43. The summed E-state index contributed by atoms with van der Waals surface area (Å²) in [7, 11) is 0. The second-order valence-electron chi connectivity index (χ2n) is 5.16. The number of hydrogen-bond donors (Lipinski definition) is 1. The Bertz CT molecular complexity index is 337. The van der Waals surface area contributed by atoms with Gasteiger partial charge in [-0.15, -0.1) is 0 Å². The molecule has 0 spiro atoms. The van der Waals surface area contributed by atoms with Crippen LogP contribution in [0.3, 0.4) is 0 Å². The minimum atomic E-state index is 0.747. The topological polar surface area (TPSA) is 42.7 Å². The standard InChI is InChI=1S/C12H20N4/c1-2-4-10(3-1)8-16-12(14-9-15-16)7-13-11-5-6-11/h9-11,13H,1-8H2. The molecule has 16 heavy (non-hydrogen) atoms. The summed E-state index contributed by atoms with van der Waals surface area (Å²) in [5, 5.41) is 7.84. The second-order valence-corrected chi connectivity index (χ2v) is 5.16. The first-order valence-electron chi connectivity index (χ1n) is 6.52. The minimum absolute atomic E-state index is 0.747. The lowest BCUT2D eigenvalue weighted by atomic mass is 10.1. The zero-order chi connectivity index (χ0) is 10.8. The molecule has 0 amide bonds. The van der Waals surface area contributed by atoms with Gasteiger partial charge in [0.05, 0.1) is 6.54 Å². The van der Waals surface area contributed by atoms with E-state index in [1.54, 1.807) is 6.33 Å². The van der Waals surface area contributed by atoms with Crippen molar-refractivity contribution in [1.82, 2.24) is 20.1 Å². The molecule has 2 aliphatic carbocycles. The highest BCUT2D eigenvalue weighted by Crippen LogP contribution is 2.26. The third-order valence-electron chi connectivity index (χ3n) is 3.73. The van der Waals surface area contributed by atoms with Crippen LogP contribution < -0.4 is 5.32 Å². The molecule has 0 radical (unpaired) electrons. The van der Waals surface area contributed by atoms with Gasteiger partial charge in [0, 0.05) is 12.6 Å². The summed E-state index contributed by atoms with van der Waals surface area (Å²) < 4.78 is 2.10. The highest BCUT2D eigenvalue weighted by atomic mass is 15.3. The average Bonchev–Trinajstić information content (AvgIpc) is 2.79. The van der Waals surface area contributed by atoms with Crippen molar-refractivity contribution in [2.24, 2.45) is 5.92 Å². The summed E-state index contributed by atoms with van der Waals surface area (Å²) in [4.78, 5) is 4.35. The summed E-state index contributed by atoms with van der Waals surface area (Å²) >= 11 is 0. The Kier molecular flexibility index (Phi) is 2.91. The summed E-state index contributed by atoms with van der Waals surface area (Å²) in [5.74, 6) is 1.94. The van der Waals surface area contributed by atoms with Gasteiger partial charge in [0.25, 0.3) is 0 Å². The predicted octanol–water partition coefficient (Wildman–Crippen LogP) is 1.72. The smallest absolute Gasteiger partial charge is 0.140 e. The number of rotatable bonds is 5. The van der Waals surface area contributed by atoms with Gasteiger partial charge < -0.3 is 5.32 Å². The molecule has 1 N–H and O–H groups in total. The Morgan fingerprint density at radius 3 is 2.81 bits per heavy atom. The summed E-state index contributed by atoms with van der Waals surface area (Å²) in [6, 6.07) is 0.747.